The summed E-state index contributed by atoms with van der Waals surface area (Å²) in [5, 5.41) is 4.49. The van der Waals surface area contributed by atoms with Crippen molar-refractivity contribution in [2.24, 2.45) is 5.92 Å². The van der Waals surface area contributed by atoms with E-state index in [4.69, 9.17) is 5.73 Å². The van der Waals surface area contributed by atoms with Gasteiger partial charge in [0.1, 0.15) is 5.82 Å². The Hall–Kier alpha value is -1.84. The molecule has 0 saturated heterocycles. The average molecular weight is 270 g/mol. The molecule has 1 heterocycles. The molecule has 1 aromatic carbocycles. The van der Waals surface area contributed by atoms with E-state index in [-0.39, 0.29) is 0 Å². The number of aromatic nitrogens is 2. The van der Waals surface area contributed by atoms with Gasteiger partial charge in [0.25, 0.3) is 0 Å². The predicted octanol–water partition coefficient (Wildman–Crippen LogP) is 3.59. The zero-order chi connectivity index (χ0) is 13.8. The van der Waals surface area contributed by atoms with Crippen LogP contribution in [0.25, 0.3) is 10.9 Å². The molecule has 4 heteroatoms. The van der Waals surface area contributed by atoms with Crippen LogP contribution >= 0.6 is 0 Å². The maximum absolute atomic E-state index is 5.78. The minimum absolute atomic E-state index is 0.337. The van der Waals surface area contributed by atoms with Gasteiger partial charge in [-0.25, -0.2) is 4.98 Å². The van der Waals surface area contributed by atoms with Crippen molar-refractivity contribution in [1.82, 2.24) is 9.97 Å². The van der Waals surface area contributed by atoms with Crippen LogP contribution in [-0.2, 0) is 0 Å². The number of nitrogen functional groups attached to an aromatic ring is 1. The van der Waals surface area contributed by atoms with Gasteiger partial charge in [0, 0.05) is 11.9 Å². The van der Waals surface area contributed by atoms with Gasteiger partial charge in [-0.1, -0.05) is 44.2 Å². The Kier molecular flexibility index (Phi) is 4.00. The minimum Gasteiger partial charge on any atom is -0.369 e. The third kappa shape index (κ3) is 3.00. The highest BCUT2D eigenvalue weighted by Gasteiger charge is 2.13. The van der Waals surface area contributed by atoms with Crippen LogP contribution in [0, 0.1) is 5.92 Å². The smallest absolute Gasteiger partial charge is 0.222 e. The van der Waals surface area contributed by atoms with E-state index in [2.05, 4.69) is 15.3 Å². The average Bonchev–Trinajstić information content (AvgIpc) is 2.48. The standard InChI is InChI=1S/C16H22N4/c17-16-19-14-9-5-4-8-13(14)15(20-16)18-11-10-12-6-2-1-3-7-12/h4-5,8-9,12H,1-3,6-7,10-11H2,(H3,17,18,19,20). The molecule has 3 N–H and O–H groups in total. The molecule has 106 valence electrons. The molecule has 4 nitrogen and oxygen atoms in total. The highest BCUT2D eigenvalue weighted by atomic mass is 15.1. The van der Waals surface area contributed by atoms with Crippen molar-refractivity contribution in [3.8, 4) is 0 Å². The number of nitrogens with two attached hydrogens (primary N) is 1. The lowest BCUT2D eigenvalue weighted by molar-refractivity contribution is 0.345. The second-order valence-electron chi connectivity index (χ2n) is 5.67. The van der Waals surface area contributed by atoms with Gasteiger partial charge >= 0.3 is 0 Å². The summed E-state index contributed by atoms with van der Waals surface area (Å²) >= 11 is 0. The molecular formula is C16H22N4. The molecular weight excluding hydrogens is 248 g/mol. The number of hydrogen-bond donors (Lipinski definition) is 2. The van der Waals surface area contributed by atoms with Crippen molar-refractivity contribution in [2.75, 3.05) is 17.6 Å². The first-order chi connectivity index (χ1) is 9.83. The molecule has 1 fully saturated rings. The number of para-hydroxylation sites is 1. The summed E-state index contributed by atoms with van der Waals surface area (Å²) in [6.45, 7) is 0.963. The van der Waals surface area contributed by atoms with Gasteiger partial charge in [-0.2, -0.15) is 4.98 Å². The van der Waals surface area contributed by atoms with Gasteiger partial charge in [-0.05, 0) is 24.5 Å². The number of nitrogens with zero attached hydrogens (tertiary/aromatic N) is 2. The topological polar surface area (TPSA) is 63.8 Å². The molecule has 0 spiro atoms. The highest BCUT2D eigenvalue weighted by molar-refractivity contribution is 5.89. The number of rotatable bonds is 4. The van der Waals surface area contributed by atoms with Gasteiger partial charge in [-0.3, -0.25) is 0 Å². The van der Waals surface area contributed by atoms with Crippen LogP contribution in [0.2, 0.25) is 0 Å². The predicted molar refractivity (Wildman–Crippen MR) is 83.6 cm³/mol. The Labute approximate surface area is 119 Å². The monoisotopic (exact) mass is 270 g/mol. The molecule has 0 atom stereocenters. The van der Waals surface area contributed by atoms with E-state index in [1.54, 1.807) is 0 Å². The minimum atomic E-state index is 0.337. The Balaban J connectivity index is 1.67. The first kappa shape index (κ1) is 13.2. The molecule has 0 aliphatic heterocycles. The van der Waals surface area contributed by atoms with Crippen molar-refractivity contribution in [3.05, 3.63) is 24.3 Å². The molecule has 1 aliphatic rings. The van der Waals surface area contributed by atoms with Gasteiger partial charge in [0.05, 0.1) is 5.52 Å². The van der Waals surface area contributed by atoms with E-state index in [0.29, 0.717) is 5.95 Å². The fourth-order valence-corrected chi connectivity index (χ4v) is 3.10. The maximum Gasteiger partial charge on any atom is 0.222 e. The lowest BCUT2D eigenvalue weighted by Gasteiger charge is -2.21. The molecule has 1 aromatic heterocycles. The maximum atomic E-state index is 5.78. The van der Waals surface area contributed by atoms with Gasteiger partial charge in [-0.15, -0.1) is 0 Å². The molecule has 20 heavy (non-hydrogen) atoms. The summed E-state index contributed by atoms with van der Waals surface area (Å²) in [7, 11) is 0. The molecule has 3 rings (SSSR count). The summed E-state index contributed by atoms with van der Waals surface area (Å²) < 4.78 is 0. The molecule has 1 saturated carbocycles. The van der Waals surface area contributed by atoms with E-state index in [1.165, 1.54) is 38.5 Å². The van der Waals surface area contributed by atoms with Crippen LogP contribution in [0.5, 0.6) is 0 Å². The fourth-order valence-electron chi connectivity index (χ4n) is 3.10. The van der Waals surface area contributed by atoms with Crippen LogP contribution in [-0.4, -0.2) is 16.5 Å². The van der Waals surface area contributed by atoms with E-state index >= 15 is 0 Å². The van der Waals surface area contributed by atoms with Crippen molar-refractivity contribution in [1.29, 1.82) is 0 Å². The van der Waals surface area contributed by atoms with Gasteiger partial charge in [0.15, 0.2) is 0 Å². The molecule has 0 bridgehead atoms. The van der Waals surface area contributed by atoms with Crippen molar-refractivity contribution in [3.63, 3.8) is 0 Å². The number of benzene rings is 1. The summed E-state index contributed by atoms with van der Waals surface area (Å²) in [5.41, 5.74) is 6.68. The normalized spacial score (nSPS) is 16.4. The first-order valence-corrected chi connectivity index (χ1v) is 7.59. The van der Waals surface area contributed by atoms with Crippen molar-refractivity contribution >= 4 is 22.7 Å². The first-order valence-electron chi connectivity index (χ1n) is 7.59. The molecule has 0 amide bonds. The summed E-state index contributed by atoms with van der Waals surface area (Å²) in [5.74, 6) is 2.08. The Morgan fingerprint density at radius 3 is 2.75 bits per heavy atom. The molecule has 2 aromatic rings. The van der Waals surface area contributed by atoms with E-state index in [0.717, 1.165) is 29.2 Å². The SMILES string of the molecule is Nc1nc(NCCC2CCCCC2)c2ccccc2n1. The quantitative estimate of drug-likeness (QED) is 0.891. The van der Waals surface area contributed by atoms with Gasteiger partial charge in [0.2, 0.25) is 5.95 Å². The summed E-state index contributed by atoms with van der Waals surface area (Å²) in [6.07, 6.45) is 8.19. The summed E-state index contributed by atoms with van der Waals surface area (Å²) in [4.78, 5) is 8.60. The van der Waals surface area contributed by atoms with Crippen molar-refractivity contribution in [2.45, 2.75) is 38.5 Å². The lowest BCUT2D eigenvalue weighted by Crippen LogP contribution is -2.13. The Morgan fingerprint density at radius 1 is 1.10 bits per heavy atom. The zero-order valence-corrected chi connectivity index (χ0v) is 11.8. The largest absolute Gasteiger partial charge is 0.369 e. The van der Waals surface area contributed by atoms with Crippen LogP contribution in [0.4, 0.5) is 11.8 Å². The molecule has 0 unspecified atom stereocenters. The van der Waals surface area contributed by atoms with Crippen LogP contribution < -0.4 is 11.1 Å². The van der Waals surface area contributed by atoms with Crippen LogP contribution in [0.15, 0.2) is 24.3 Å². The third-order valence-electron chi connectivity index (χ3n) is 4.19. The van der Waals surface area contributed by atoms with Crippen LogP contribution in [0.1, 0.15) is 38.5 Å². The fraction of sp³-hybridized carbons (Fsp3) is 0.500. The third-order valence-corrected chi connectivity index (χ3v) is 4.19. The van der Waals surface area contributed by atoms with E-state index in [1.807, 2.05) is 24.3 Å². The summed E-state index contributed by atoms with van der Waals surface area (Å²) in [6, 6.07) is 7.99. The number of anilines is 2. The van der Waals surface area contributed by atoms with E-state index in [9.17, 15) is 0 Å². The number of fused-ring (bicyclic) bond motifs is 1. The highest BCUT2D eigenvalue weighted by Crippen LogP contribution is 2.27. The second-order valence-corrected chi connectivity index (χ2v) is 5.67. The molecule has 1 aliphatic carbocycles. The molecule has 0 radical (unpaired) electrons. The number of hydrogen-bond acceptors (Lipinski definition) is 4. The zero-order valence-electron chi connectivity index (χ0n) is 11.8. The second kappa shape index (κ2) is 6.07. The number of nitrogens with one attached hydrogen (secondary N) is 1. The Bertz CT molecular complexity index is 576. The van der Waals surface area contributed by atoms with E-state index < -0.39 is 0 Å². The van der Waals surface area contributed by atoms with Gasteiger partial charge < -0.3 is 11.1 Å². The van der Waals surface area contributed by atoms with Crippen molar-refractivity contribution < 1.29 is 0 Å². The van der Waals surface area contributed by atoms with Crippen LogP contribution in [0.3, 0.4) is 0 Å². The lowest BCUT2D eigenvalue weighted by atomic mass is 9.87. The Morgan fingerprint density at radius 2 is 1.90 bits per heavy atom.